The summed E-state index contributed by atoms with van der Waals surface area (Å²) < 4.78 is 5.15. The number of carbonyl (C=O) groups excluding carboxylic acids is 2. The minimum atomic E-state index is -0.393. The third kappa shape index (κ3) is 3.49. The molecule has 7 heteroatoms. The number of rotatable bonds is 4. The van der Waals surface area contributed by atoms with Crippen LogP contribution in [0.1, 0.15) is 15.9 Å². The van der Waals surface area contributed by atoms with Crippen molar-refractivity contribution in [3.8, 4) is 0 Å². The van der Waals surface area contributed by atoms with Crippen LogP contribution in [0.15, 0.2) is 29.2 Å². The maximum Gasteiger partial charge on any atom is 0.337 e. The lowest BCUT2D eigenvalue weighted by molar-refractivity contribution is -0.122. The maximum absolute atomic E-state index is 12.2. The Labute approximate surface area is 132 Å². The van der Waals surface area contributed by atoms with Gasteiger partial charge in [0.2, 0.25) is 0 Å². The molecule has 0 unspecified atom stereocenters. The van der Waals surface area contributed by atoms with Gasteiger partial charge in [0.1, 0.15) is 4.32 Å². The van der Waals surface area contributed by atoms with E-state index in [1.807, 2.05) is 0 Å². The van der Waals surface area contributed by atoms with Crippen LogP contribution in [0.5, 0.6) is 0 Å². The molecule has 1 aliphatic heterocycles. The highest BCUT2D eigenvalue weighted by atomic mass is 32.2. The second kappa shape index (κ2) is 6.84. The first-order chi connectivity index (χ1) is 10.1. The van der Waals surface area contributed by atoms with Gasteiger partial charge in [-0.2, -0.15) is 0 Å². The molecule has 0 aromatic heterocycles. The van der Waals surface area contributed by atoms with Crippen LogP contribution in [-0.4, -0.2) is 41.3 Å². The standard InChI is InChI=1S/C14H14N2O3S2/c1-19-13(18)10-4-2-9(3-5-10)8-11-12(17)16(7-6-15)14(20)21-11/h2-5,8H,6-7,15H2,1H3/b11-8+. The van der Waals surface area contributed by atoms with Gasteiger partial charge in [-0.25, -0.2) is 4.79 Å². The van der Waals surface area contributed by atoms with Crippen LogP contribution in [-0.2, 0) is 9.53 Å². The highest BCUT2D eigenvalue weighted by Crippen LogP contribution is 2.32. The van der Waals surface area contributed by atoms with E-state index < -0.39 is 5.97 Å². The Morgan fingerprint density at radius 1 is 1.43 bits per heavy atom. The summed E-state index contributed by atoms with van der Waals surface area (Å²) in [5.41, 5.74) is 6.74. The Balaban J connectivity index is 2.19. The summed E-state index contributed by atoms with van der Waals surface area (Å²) in [4.78, 5) is 25.5. The fourth-order valence-electron chi connectivity index (χ4n) is 1.81. The minimum Gasteiger partial charge on any atom is -0.465 e. The number of esters is 1. The predicted octanol–water partition coefficient (Wildman–Crippen LogP) is 1.63. The molecule has 1 amide bonds. The summed E-state index contributed by atoms with van der Waals surface area (Å²) in [5, 5.41) is 0. The van der Waals surface area contributed by atoms with Crippen molar-refractivity contribution >= 4 is 46.3 Å². The first-order valence-corrected chi connectivity index (χ1v) is 7.43. The topological polar surface area (TPSA) is 72.6 Å². The number of nitrogens with zero attached hydrogens (tertiary/aromatic N) is 1. The zero-order valence-corrected chi connectivity index (χ0v) is 13.0. The van der Waals surface area contributed by atoms with E-state index in [1.165, 1.54) is 23.8 Å². The molecule has 1 aromatic rings. The van der Waals surface area contributed by atoms with E-state index in [9.17, 15) is 9.59 Å². The van der Waals surface area contributed by atoms with Crippen molar-refractivity contribution in [2.45, 2.75) is 0 Å². The monoisotopic (exact) mass is 322 g/mol. The zero-order chi connectivity index (χ0) is 15.4. The number of methoxy groups -OCH3 is 1. The second-order valence-corrected chi connectivity index (χ2v) is 5.91. The van der Waals surface area contributed by atoms with Crippen LogP contribution < -0.4 is 5.73 Å². The fraction of sp³-hybridized carbons (Fsp3) is 0.214. The molecule has 1 saturated heterocycles. The molecule has 1 heterocycles. The van der Waals surface area contributed by atoms with Crippen LogP contribution in [0.4, 0.5) is 0 Å². The molecule has 0 aliphatic carbocycles. The lowest BCUT2D eigenvalue weighted by Crippen LogP contribution is -2.32. The van der Waals surface area contributed by atoms with E-state index >= 15 is 0 Å². The van der Waals surface area contributed by atoms with E-state index in [0.717, 1.165) is 5.56 Å². The van der Waals surface area contributed by atoms with Crippen molar-refractivity contribution < 1.29 is 14.3 Å². The number of thiocarbonyl (C=S) groups is 1. The SMILES string of the molecule is COC(=O)c1ccc(/C=C2/SC(=S)N(CCN)C2=O)cc1. The van der Waals surface area contributed by atoms with Crippen LogP contribution in [0.2, 0.25) is 0 Å². The molecular formula is C14H14N2O3S2. The van der Waals surface area contributed by atoms with Crippen LogP contribution in [0, 0.1) is 0 Å². The normalized spacial score (nSPS) is 16.7. The summed E-state index contributed by atoms with van der Waals surface area (Å²) in [7, 11) is 1.33. The molecule has 21 heavy (non-hydrogen) atoms. The van der Waals surface area contributed by atoms with Crippen molar-refractivity contribution in [3.05, 3.63) is 40.3 Å². The van der Waals surface area contributed by atoms with Gasteiger partial charge >= 0.3 is 5.97 Å². The summed E-state index contributed by atoms with van der Waals surface area (Å²) in [5.74, 6) is -0.525. The first-order valence-electron chi connectivity index (χ1n) is 6.20. The van der Waals surface area contributed by atoms with Gasteiger partial charge in [0.15, 0.2) is 0 Å². The number of amides is 1. The third-order valence-electron chi connectivity index (χ3n) is 2.86. The molecule has 5 nitrogen and oxygen atoms in total. The Hall–Kier alpha value is -1.70. The summed E-state index contributed by atoms with van der Waals surface area (Å²) in [6, 6.07) is 6.81. The van der Waals surface area contributed by atoms with Gasteiger partial charge in [-0.15, -0.1) is 0 Å². The Morgan fingerprint density at radius 3 is 2.67 bits per heavy atom. The molecule has 2 rings (SSSR count). The average Bonchev–Trinajstić information content (AvgIpc) is 2.75. The van der Waals surface area contributed by atoms with Crippen molar-refractivity contribution in [3.63, 3.8) is 0 Å². The van der Waals surface area contributed by atoms with E-state index in [0.29, 0.717) is 27.9 Å². The molecule has 0 atom stereocenters. The molecular weight excluding hydrogens is 308 g/mol. The lowest BCUT2D eigenvalue weighted by Gasteiger charge is -2.11. The molecule has 0 saturated carbocycles. The van der Waals surface area contributed by atoms with Gasteiger partial charge in [0, 0.05) is 13.1 Å². The summed E-state index contributed by atoms with van der Waals surface area (Å²) in [6.07, 6.45) is 1.75. The molecule has 1 fully saturated rings. The number of hydrogen-bond donors (Lipinski definition) is 1. The molecule has 0 bridgehead atoms. The maximum atomic E-state index is 12.2. The Bertz CT molecular complexity index is 611. The number of ether oxygens (including phenoxy) is 1. The van der Waals surface area contributed by atoms with Crippen LogP contribution in [0.25, 0.3) is 6.08 Å². The Morgan fingerprint density at radius 2 is 2.10 bits per heavy atom. The molecule has 1 aliphatic rings. The number of benzene rings is 1. The average molecular weight is 322 g/mol. The van der Waals surface area contributed by atoms with Crippen molar-refractivity contribution in [2.24, 2.45) is 5.73 Å². The highest BCUT2D eigenvalue weighted by molar-refractivity contribution is 8.26. The van der Waals surface area contributed by atoms with Gasteiger partial charge in [0.05, 0.1) is 17.6 Å². The number of thioether (sulfide) groups is 1. The highest BCUT2D eigenvalue weighted by Gasteiger charge is 2.31. The van der Waals surface area contributed by atoms with E-state index in [1.54, 1.807) is 30.3 Å². The van der Waals surface area contributed by atoms with E-state index in [-0.39, 0.29) is 5.91 Å². The number of nitrogens with two attached hydrogens (primary N) is 1. The van der Waals surface area contributed by atoms with E-state index in [4.69, 9.17) is 18.0 Å². The molecule has 1 aromatic carbocycles. The van der Waals surface area contributed by atoms with Crippen molar-refractivity contribution in [1.82, 2.24) is 4.90 Å². The first kappa shape index (κ1) is 15.7. The predicted molar refractivity (Wildman–Crippen MR) is 86.7 cm³/mol. The molecule has 0 radical (unpaired) electrons. The van der Waals surface area contributed by atoms with Gasteiger partial charge in [-0.1, -0.05) is 36.1 Å². The molecule has 0 spiro atoms. The van der Waals surface area contributed by atoms with Gasteiger partial charge in [-0.3, -0.25) is 9.69 Å². The van der Waals surface area contributed by atoms with Crippen LogP contribution in [0.3, 0.4) is 0 Å². The number of hydrogen-bond acceptors (Lipinski definition) is 6. The molecule has 2 N–H and O–H groups in total. The second-order valence-electron chi connectivity index (χ2n) is 4.24. The van der Waals surface area contributed by atoms with Gasteiger partial charge in [-0.05, 0) is 23.8 Å². The zero-order valence-electron chi connectivity index (χ0n) is 11.4. The third-order valence-corrected chi connectivity index (χ3v) is 4.23. The quantitative estimate of drug-likeness (QED) is 0.516. The van der Waals surface area contributed by atoms with Gasteiger partial charge in [0.25, 0.3) is 5.91 Å². The van der Waals surface area contributed by atoms with Gasteiger partial charge < -0.3 is 10.5 Å². The molecule has 110 valence electrons. The minimum absolute atomic E-state index is 0.132. The smallest absolute Gasteiger partial charge is 0.337 e. The van der Waals surface area contributed by atoms with Crippen molar-refractivity contribution in [1.29, 1.82) is 0 Å². The summed E-state index contributed by atoms with van der Waals surface area (Å²) in [6.45, 7) is 0.789. The van der Waals surface area contributed by atoms with Crippen molar-refractivity contribution in [2.75, 3.05) is 20.2 Å². The van der Waals surface area contributed by atoms with Crippen LogP contribution >= 0.6 is 24.0 Å². The number of carbonyl (C=O) groups is 2. The Kier molecular flexibility index (Phi) is 5.11. The fourth-order valence-corrected chi connectivity index (χ4v) is 3.12. The lowest BCUT2D eigenvalue weighted by atomic mass is 10.1. The van der Waals surface area contributed by atoms with E-state index in [2.05, 4.69) is 4.74 Å². The largest absolute Gasteiger partial charge is 0.465 e. The summed E-state index contributed by atoms with van der Waals surface area (Å²) >= 11 is 6.41.